The van der Waals surface area contributed by atoms with Crippen LogP contribution in [0, 0.1) is 18.3 Å². The van der Waals surface area contributed by atoms with E-state index in [-0.39, 0.29) is 20.1 Å². The number of rotatable bonds is 2. The van der Waals surface area contributed by atoms with E-state index in [1.807, 2.05) is 72.9 Å². The maximum absolute atomic E-state index is 8.88. The Morgan fingerprint density at radius 1 is 1.14 bits per heavy atom. The summed E-state index contributed by atoms with van der Waals surface area (Å²) in [5.74, 6) is 0.832. The summed E-state index contributed by atoms with van der Waals surface area (Å²) in [6, 6.07) is 14.0. The molecule has 2 aromatic rings. The molecule has 0 N–H and O–H groups in total. The van der Waals surface area contributed by atoms with E-state index in [1.54, 1.807) is 6.20 Å². The van der Waals surface area contributed by atoms with E-state index >= 15 is 0 Å². The molecular formula is C15H12BIrN4. The minimum absolute atomic E-state index is 0. The van der Waals surface area contributed by atoms with Gasteiger partial charge in [0.2, 0.25) is 0 Å². The molecule has 0 aliphatic carbocycles. The van der Waals surface area contributed by atoms with Crippen LogP contribution in [0.2, 0.25) is 0 Å². The first kappa shape index (κ1) is 15.3. The molecule has 3 rings (SSSR count). The Kier molecular flexibility index (Phi) is 4.79. The number of anilines is 2. The Labute approximate surface area is 138 Å². The van der Waals surface area contributed by atoms with Gasteiger partial charge in [-0.1, -0.05) is 18.2 Å². The number of benzene rings is 1. The molecule has 0 fully saturated rings. The van der Waals surface area contributed by atoms with Crippen molar-refractivity contribution in [1.29, 1.82) is 5.26 Å². The van der Waals surface area contributed by atoms with Crippen molar-refractivity contribution in [1.82, 2.24) is 4.98 Å². The summed E-state index contributed by atoms with van der Waals surface area (Å²) in [6.45, 7) is 1.95. The molecule has 2 radical (unpaired) electrons. The second kappa shape index (κ2) is 6.58. The van der Waals surface area contributed by atoms with Gasteiger partial charge in [0.15, 0.2) is 0 Å². The van der Waals surface area contributed by atoms with Crippen molar-refractivity contribution in [3.63, 3.8) is 0 Å². The van der Waals surface area contributed by atoms with Gasteiger partial charge < -0.3 is 9.62 Å². The fourth-order valence-corrected chi connectivity index (χ4v) is 2.13. The zero-order chi connectivity index (χ0) is 13.9. The van der Waals surface area contributed by atoms with Crippen LogP contribution >= 0.6 is 0 Å². The van der Waals surface area contributed by atoms with Gasteiger partial charge in [-0.15, -0.1) is 0 Å². The molecule has 1 aliphatic heterocycles. The van der Waals surface area contributed by atoms with Crippen LogP contribution in [-0.2, 0) is 20.1 Å². The third-order valence-corrected chi connectivity index (χ3v) is 3.12. The maximum atomic E-state index is 8.88. The van der Waals surface area contributed by atoms with Crippen LogP contribution in [0.15, 0.2) is 55.0 Å². The third-order valence-electron chi connectivity index (χ3n) is 3.12. The number of pyridine rings is 1. The molecule has 0 bridgehead atoms. The minimum Gasteiger partial charge on any atom is -0.374 e. The normalized spacial score (nSPS) is 12.6. The van der Waals surface area contributed by atoms with E-state index in [2.05, 4.69) is 11.1 Å². The van der Waals surface area contributed by atoms with Crippen molar-refractivity contribution in [2.75, 3.05) is 9.62 Å². The first-order valence-electron chi connectivity index (χ1n) is 6.30. The molecule has 0 saturated heterocycles. The van der Waals surface area contributed by atoms with E-state index in [0.29, 0.717) is 5.56 Å². The van der Waals surface area contributed by atoms with Crippen LogP contribution in [0.3, 0.4) is 0 Å². The fraction of sp³-hybridized carbons (Fsp3) is 0.0667. The molecule has 21 heavy (non-hydrogen) atoms. The molecule has 104 valence electrons. The van der Waals surface area contributed by atoms with Gasteiger partial charge in [0.25, 0.3) is 0 Å². The number of nitrogens with zero attached hydrogens (tertiary/aromatic N) is 4. The smallest absolute Gasteiger partial charge is 0.374 e. The molecule has 1 aromatic heterocycles. The zero-order valence-electron chi connectivity index (χ0n) is 11.4. The van der Waals surface area contributed by atoms with Gasteiger partial charge in [-0.25, -0.2) is 4.98 Å². The van der Waals surface area contributed by atoms with Gasteiger partial charge in [-0.2, -0.15) is 5.26 Å². The van der Waals surface area contributed by atoms with Crippen molar-refractivity contribution in [2.24, 2.45) is 0 Å². The molecule has 0 amide bonds. The van der Waals surface area contributed by atoms with Gasteiger partial charge in [-0.05, 0) is 30.7 Å². The van der Waals surface area contributed by atoms with Crippen molar-refractivity contribution >= 4 is 19.1 Å². The van der Waals surface area contributed by atoms with Gasteiger partial charge >= 0.3 is 7.55 Å². The van der Waals surface area contributed by atoms with E-state index < -0.39 is 0 Å². The molecule has 0 unspecified atom stereocenters. The predicted molar refractivity (Wildman–Crippen MR) is 80.0 cm³/mol. The number of hydrogen-bond acceptors (Lipinski definition) is 4. The molecule has 2 heterocycles. The van der Waals surface area contributed by atoms with Crippen molar-refractivity contribution < 1.29 is 20.1 Å². The number of aryl methyl sites for hydroxylation is 1. The number of para-hydroxylation sites is 1. The molecular weight excluding hydrogens is 439 g/mol. The van der Waals surface area contributed by atoms with Crippen LogP contribution < -0.4 is 9.62 Å². The fourth-order valence-electron chi connectivity index (χ4n) is 2.13. The topological polar surface area (TPSA) is 43.2 Å². The maximum Gasteiger partial charge on any atom is 0.401 e. The average molecular weight is 451 g/mol. The summed E-state index contributed by atoms with van der Waals surface area (Å²) in [4.78, 5) is 8.33. The monoisotopic (exact) mass is 452 g/mol. The zero-order valence-corrected chi connectivity index (χ0v) is 13.8. The molecule has 0 spiro atoms. The Morgan fingerprint density at radius 2 is 1.86 bits per heavy atom. The minimum atomic E-state index is 0. The van der Waals surface area contributed by atoms with Crippen molar-refractivity contribution in [2.45, 2.75) is 6.92 Å². The van der Waals surface area contributed by atoms with Gasteiger partial charge in [-0.3, -0.25) is 0 Å². The van der Waals surface area contributed by atoms with E-state index in [4.69, 9.17) is 5.26 Å². The number of hydrogen-bond donors (Lipinski definition) is 0. The first-order chi connectivity index (χ1) is 9.78. The van der Waals surface area contributed by atoms with Crippen LogP contribution in [0.5, 0.6) is 0 Å². The Hall–Kier alpha value is -2.09. The van der Waals surface area contributed by atoms with Crippen molar-refractivity contribution in [3.05, 3.63) is 66.1 Å². The quantitative estimate of drug-likeness (QED) is 0.659. The summed E-state index contributed by atoms with van der Waals surface area (Å²) in [7, 11) is 1.97. The number of nitriles is 1. The molecule has 1 aromatic carbocycles. The van der Waals surface area contributed by atoms with Gasteiger partial charge in [0.05, 0.1) is 5.56 Å². The second-order valence-electron chi connectivity index (χ2n) is 4.54. The summed E-state index contributed by atoms with van der Waals surface area (Å²) in [6.07, 6.45) is 5.53. The van der Waals surface area contributed by atoms with Crippen LogP contribution in [0.25, 0.3) is 0 Å². The second-order valence-corrected chi connectivity index (χ2v) is 4.54. The van der Waals surface area contributed by atoms with Crippen molar-refractivity contribution in [3.8, 4) is 6.07 Å². The summed E-state index contributed by atoms with van der Waals surface area (Å²) < 4.78 is 0. The average Bonchev–Trinajstić information content (AvgIpc) is 2.97. The Balaban J connectivity index is 0.00000161. The summed E-state index contributed by atoms with van der Waals surface area (Å²) in [5, 5.41) is 8.88. The Bertz CT molecular complexity index is 697. The Morgan fingerprint density at radius 3 is 2.52 bits per heavy atom. The molecule has 1 aliphatic rings. The van der Waals surface area contributed by atoms with E-state index in [1.165, 1.54) is 0 Å². The molecule has 0 saturated carbocycles. The standard InChI is InChI=1S/C15H12BN4.Ir/c1-12-9-13(10-17)11-18-15(12)20-8-7-19(16-20)14-5-3-2-4-6-14;/h2-9,11H,1H3;. The van der Waals surface area contributed by atoms with Crippen LogP contribution in [0.1, 0.15) is 11.1 Å². The van der Waals surface area contributed by atoms with Gasteiger partial charge in [0.1, 0.15) is 11.9 Å². The molecule has 4 nitrogen and oxygen atoms in total. The summed E-state index contributed by atoms with van der Waals surface area (Å²) >= 11 is 0. The van der Waals surface area contributed by atoms with E-state index in [9.17, 15) is 0 Å². The molecule has 6 heteroatoms. The molecule has 0 atom stereocenters. The third kappa shape index (κ3) is 3.16. The SMILES string of the molecule is Cc1cc(C#N)cnc1N1[B]N(c2ccccc2)C=C1.[Ir]. The van der Waals surface area contributed by atoms with Crippen LogP contribution in [0.4, 0.5) is 11.5 Å². The number of aromatic nitrogens is 1. The first-order valence-corrected chi connectivity index (χ1v) is 6.30. The summed E-state index contributed by atoms with van der Waals surface area (Å²) in [5.41, 5.74) is 2.65. The van der Waals surface area contributed by atoms with Crippen LogP contribution in [-0.4, -0.2) is 12.5 Å². The van der Waals surface area contributed by atoms with E-state index in [0.717, 1.165) is 17.1 Å². The largest absolute Gasteiger partial charge is 0.401 e. The van der Waals surface area contributed by atoms with Gasteiger partial charge in [0, 0.05) is 44.4 Å². The predicted octanol–water partition coefficient (Wildman–Crippen LogP) is 2.59.